The predicted octanol–water partition coefficient (Wildman–Crippen LogP) is 1.69. The number of imidazole rings is 1. The van der Waals surface area contributed by atoms with Crippen LogP contribution in [0.2, 0.25) is 0 Å². The summed E-state index contributed by atoms with van der Waals surface area (Å²) in [7, 11) is 3.99. The molecule has 122 valence electrons. The Kier molecular flexibility index (Phi) is 5.03. The van der Waals surface area contributed by atoms with Crippen molar-refractivity contribution in [3.8, 4) is 0 Å². The Bertz CT molecular complexity index is 685. The van der Waals surface area contributed by atoms with Crippen molar-refractivity contribution >= 4 is 17.7 Å². The molecule has 1 N–H and O–H groups in total. The zero-order valence-corrected chi connectivity index (χ0v) is 14.3. The summed E-state index contributed by atoms with van der Waals surface area (Å²) in [6.45, 7) is 1.48. The van der Waals surface area contributed by atoms with Crippen molar-refractivity contribution in [2.45, 2.75) is 24.2 Å². The average molecular weight is 330 g/mol. The Labute approximate surface area is 141 Å². The number of aromatic nitrogens is 2. The van der Waals surface area contributed by atoms with E-state index in [2.05, 4.69) is 33.4 Å². The lowest BCUT2D eigenvalue weighted by atomic mass is 9.94. The molecule has 0 saturated carbocycles. The first-order chi connectivity index (χ1) is 11.1. The summed E-state index contributed by atoms with van der Waals surface area (Å²) in [5.41, 5.74) is 2.61. The molecular formula is C17H22N4OS. The molecule has 1 amide bonds. The third kappa shape index (κ3) is 3.76. The van der Waals surface area contributed by atoms with Gasteiger partial charge in [-0.25, -0.2) is 4.98 Å². The van der Waals surface area contributed by atoms with Crippen molar-refractivity contribution in [1.82, 2.24) is 19.8 Å². The minimum atomic E-state index is -0.0805. The van der Waals surface area contributed by atoms with E-state index < -0.39 is 0 Å². The third-order valence-electron chi connectivity index (χ3n) is 4.20. The Morgan fingerprint density at radius 3 is 2.87 bits per heavy atom. The van der Waals surface area contributed by atoms with E-state index in [4.69, 9.17) is 0 Å². The van der Waals surface area contributed by atoms with Crippen molar-refractivity contribution in [2.75, 3.05) is 19.3 Å². The first-order valence-corrected chi connectivity index (χ1v) is 8.78. The SMILES string of the molecule is CN1Cc2ccccc2C[C@H]1C(=O)NCCSc1nccn1C. The number of nitrogens with one attached hydrogen (secondary N) is 1. The molecule has 0 aliphatic carbocycles. The molecule has 1 aliphatic heterocycles. The van der Waals surface area contributed by atoms with Gasteiger partial charge < -0.3 is 9.88 Å². The molecule has 0 fully saturated rings. The van der Waals surface area contributed by atoms with E-state index in [0.29, 0.717) is 6.54 Å². The van der Waals surface area contributed by atoms with E-state index in [9.17, 15) is 4.79 Å². The van der Waals surface area contributed by atoms with Crippen LogP contribution in [0.4, 0.5) is 0 Å². The standard InChI is InChI=1S/C17H22N4OS/c1-20-9-7-19-17(20)23-10-8-18-16(22)15-11-13-5-3-4-6-14(13)12-21(15)2/h3-7,9,15H,8,10-12H2,1-2H3,(H,18,22)/t15-/m0/s1. The Hall–Kier alpha value is -1.79. The summed E-state index contributed by atoms with van der Waals surface area (Å²) in [6, 6.07) is 8.29. The van der Waals surface area contributed by atoms with Crippen LogP contribution in [0.25, 0.3) is 0 Å². The van der Waals surface area contributed by atoms with Gasteiger partial charge in [-0.15, -0.1) is 0 Å². The monoisotopic (exact) mass is 330 g/mol. The second kappa shape index (κ2) is 7.19. The molecule has 5 nitrogen and oxygen atoms in total. The molecular weight excluding hydrogens is 308 g/mol. The smallest absolute Gasteiger partial charge is 0.237 e. The molecule has 3 rings (SSSR count). The summed E-state index contributed by atoms with van der Waals surface area (Å²) >= 11 is 1.66. The Balaban J connectivity index is 1.50. The fourth-order valence-corrected chi connectivity index (χ4v) is 3.66. The summed E-state index contributed by atoms with van der Waals surface area (Å²) in [4.78, 5) is 18.9. The number of rotatable bonds is 5. The number of hydrogen-bond acceptors (Lipinski definition) is 4. The van der Waals surface area contributed by atoms with Gasteiger partial charge in [0.15, 0.2) is 5.16 Å². The highest BCUT2D eigenvalue weighted by Gasteiger charge is 2.28. The highest BCUT2D eigenvalue weighted by molar-refractivity contribution is 7.99. The zero-order chi connectivity index (χ0) is 16.2. The molecule has 0 saturated heterocycles. The highest BCUT2D eigenvalue weighted by atomic mass is 32.2. The van der Waals surface area contributed by atoms with Crippen LogP contribution in [-0.4, -0.2) is 45.7 Å². The van der Waals surface area contributed by atoms with E-state index in [0.717, 1.165) is 23.9 Å². The molecule has 1 aliphatic rings. The summed E-state index contributed by atoms with van der Waals surface area (Å²) in [5, 5.41) is 4.03. The maximum Gasteiger partial charge on any atom is 0.237 e. The summed E-state index contributed by atoms with van der Waals surface area (Å²) in [5.74, 6) is 0.936. The number of hydrogen-bond donors (Lipinski definition) is 1. The summed E-state index contributed by atoms with van der Waals surface area (Å²) in [6.07, 6.45) is 4.50. The van der Waals surface area contributed by atoms with Crippen LogP contribution in [0.5, 0.6) is 0 Å². The van der Waals surface area contributed by atoms with Crippen molar-refractivity contribution in [1.29, 1.82) is 0 Å². The molecule has 0 bridgehead atoms. The van der Waals surface area contributed by atoms with E-state index in [1.54, 1.807) is 18.0 Å². The number of nitrogens with zero attached hydrogens (tertiary/aromatic N) is 3. The lowest BCUT2D eigenvalue weighted by molar-refractivity contribution is -0.126. The second-order valence-corrected chi connectivity index (χ2v) is 6.93. The first-order valence-electron chi connectivity index (χ1n) is 7.80. The van der Waals surface area contributed by atoms with Gasteiger partial charge in [0, 0.05) is 38.3 Å². The van der Waals surface area contributed by atoms with E-state index in [1.807, 2.05) is 30.9 Å². The fourth-order valence-electron chi connectivity index (χ4n) is 2.87. The lowest BCUT2D eigenvalue weighted by Crippen LogP contribution is -2.48. The van der Waals surface area contributed by atoms with Gasteiger partial charge in [0.05, 0.1) is 6.04 Å². The van der Waals surface area contributed by atoms with Crippen LogP contribution in [-0.2, 0) is 24.8 Å². The van der Waals surface area contributed by atoms with Gasteiger partial charge in [0.2, 0.25) is 5.91 Å². The van der Waals surface area contributed by atoms with Crippen LogP contribution in [0.15, 0.2) is 41.8 Å². The predicted molar refractivity (Wildman–Crippen MR) is 92.3 cm³/mol. The van der Waals surface area contributed by atoms with Gasteiger partial charge >= 0.3 is 0 Å². The normalized spacial score (nSPS) is 17.7. The van der Waals surface area contributed by atoms with Crippen LogP contribution < -0.4 is 5.32 Å². The van der Waals surface area contributed by atoms with Gasteiger partial charge in [0.1, 0.15) is 0 Å². The first kappa shape index (κ1) is 16.1. The van der Waals surface area contributed by atoms with Crippen LogP contribution in [0.3, 0.4) is 0 Å². The minimum absolute atomic E-state index is 0.0805. The molecule has 2 aromatic rings. The molecule has 1 aromatic carbocycles. The maximum absolute atomic E-state index is 12.5. The summed E-state index contributed by atoms with van der Waals surface area (Å²) < 4.78 is 1.98. The quantitative estimate of drug-likeness (QED) is 0.669. The largest absolute Gasteiger partial charge is 0.354 e. The molecule has 1 aromatic heterocycles. The second-order valence-electron chi connectivity index (χ2n) is 5.86. The highest BCUT2D eigenvalue weighted by Crippen LogP contribution is 2.22. The number of thioether (sulfide) groups is 1. The van der Waals surface area contributed by atoms with Gasteiger partial charge in [0.25, 0.3) is 0 Å². The van der Waals surface area contributed by atoms with E-state index >= 15 is 0 Å². The average Bonchev–Trinajstić information content (AvgIpc) is 2.96. The van der Waals surface area contributed by atoms with E-state index in [-0.39, 0.29) is 11.9 Å². The van der Waals surface area contributed by atoms with Crippen molar-refractivity contribution in [3.05, 3.63) is 47.8 Å². The molecule has 0 spiro atoms. The van der Waals surface area contributed by atoms with E-state index in [1.165, 1.54) is 11.1 Å². The number of benzene rings is 1. The van der Waals surface area contributed by atoms with Gasteiger partial charge in [-0.2, -0.15) is 0 Å². The van der Waals surface area contributed by atoms with Gasteiger partial charge in [-0.1, -0.05) is 36.0 Å². The van der Waals surface area contributed by atoms with Gasteiger partial charge in [-0.05, 0) is 24.6 Å². The third-order valence-corrected chi connectivity index (χ3v) is 5.26. The molecule has 1 atom stereocenters. The number of carbonyl (C=O) groups excluding carboxylic acids is 1. The number of fused-ring (bicyclic) bond motifs is 1. The minimum Gasteiger partial charge on any atom is -0.354 e. The Morgan fingerprint density at radius 2 is 2.13 bits per heavy atom. The number of amides is 1. The van der Waals surface area contributed by atoms with Crippen LogP contribution >= 0.6 is 11.8 Å². The van der Waals surface area contributed by atoms with Crippen molar-refractivity contribution in [2.24, 2.45) is 7.05 Å². The zero-order valence-electron chi connectivity index (χ0n) is 13.5. The van der Waals surface area contributed by atoms with Crippen molar-refractivity contribution < 1.29 is 4.79 Å². The fraction of sp³-hybridized carbons (Fsp3) is 0.412. The maximum atomic E-state index is 12.5. The molecule has 23 heavy (non-hydrogen) atoms. The number of aryl methyl sites for hydroxylation is 1. The molecule has 2 heterocycles. The number of carbonyl (C=O) groups is 1. The molecule has 0 unspecified atom stereocenters. The van der Waals surface area contributed by atoms with Gasteiger partial charge in [-0.3, -0.25) is 9.69 Å². The topological polar surface area (TPSA) is 50.2 Å². The molecule has 6 heteroatoms. The number of likely N-dealkylation sites (N-methyl/N-ethyl adjacent to an activating group) is 1. The Morgan fingerprint density at radius 1 is 1.35 bits per heavy atom. The lowest BCUT2D eigenvalue weighted by Gasteiger charge is -2.33. The van der Waals surface area contributed by atoms with Crippen LogP contribution in [0, 0.1) is 0 Å². The molecule has 0 radical (unpaired) electrons. The van der Waals surface area contributed by atoms with Crippen LogP contribution in [0.1, 0.15) is 11.1 Å². The van der Waals surface area contributed by atoms with Crippen molar-refractivity contribution in [3.63, 3.8) is 0 Å².